The van der Waals surface area contributed by atoms with Crippen molar-refractivity contribution in [3.05, 3.63) is 35.4 Å². The van der Waals surface area contributed by atoms with Gasteiger partial charge in [-0.15, -0.1) is 0 Å². The Balaban J connectivity index is 2.13. The van der Waals surface area contributed by atoms with Crippen LogP contribution in [0.5, 0.6) is 0 Å². The Hall–Kier alpha value is -1.49. The molecule has 1 aromatic carbocycles. The van der Waals surface area contributed by atoms with E-state index < -0.39 is 11.6 Å². The van der Waals surface area contributed by atoms with Crippen molar-refractivity contribution in [1.82, 2.24) is 10.2 Å². The van der Waals surface area contributed by atoms with Crippen molar-refractivity contribution < 1.29 is 13.6 Å². The van der Waals surface area contributed by atoms with Gasteiger partial charge in [0.1, 0.15) is 6.17 Å². The van der Waals surface area contributed by atoms with Gasteiger partial charge in [0.15, 0.2) is 11.6 Å². The molecule has 5 heteroatoms. The first-order valence-electron chi connectivity index (χ1n) is 7.54. The first kappa shape index (κ1) is 15.9. The maximum Gasteiger partial charge on any atom is 0.238 e. The molecule has 0 aromatic heterocycles. The molecule has 2 unspecified atom stereocenters. The van der Waals surface area contributed by atoms with Gasteiger partial charge in [-0.05, 0) is 31.0 Å². The van der Waals surface area contributed by atoms with Crippen LogP contribution in [0.15, 0.2) is 18.2 Å². The second-order valence-corrected chi connectivity index (χ2v) is 5.60. The van der Waals surface area contributed by atoms with E-state index in [-0.39, 0.29) is 24.7 Å². The molecule has 1 fully saturated rings. The quantitative estimate of drug-likeness (QED) is 0.816. The number of nitrogens with zero attached hydrogens (tertiary/aromatic N) is 1. The first-order chi connectivity index (χ1) is 10.0. The van der Waals surface area contributed by atoms with Gasteiger partial charge in [-0.2, -0.15) is 0 Å². The zero-order chi connectivity index (χ0) is 15.4. The van der Waals surface area contributed by atoms with Crippen molar-refractivity contribution in [2.24, 2.45) is 0 Å². The Morgan fingerprint density at radius 3 is 2.76 bits per heavy atom. The Kier molecular flexibility index (Phi) is 5.28. The standard InChI is InChI=1S/C16H22F2N2O/c1-3-4-5-6-11(2)20-15(21)10-19-16(20)12-7-8-13(17)14(18)9-12/h7-9,11,16,19H,3-6,10H2,1-2H3. The van der Waals surface area contributed by atoms with E-state index in [1.807, 2.05) is 6.92 Å². The number of unbranched alkanes of at least 4 members (excludes halogenated alkanes) is 2. The summed E-state index contributed by atoms with van der Waals surface area (Å²) >= 11 is 0. The summed E-state index contributed by atoms with van der Waals surface area (Å²) in [7, 11) is 0. The van der Waals surface area contributed by atoms with Crippen LogP contribution in [0.3, 0.4) is 0 Å². The van der Waals surface area contributed by atoms with Crippen LogP contribution in [0.4, 0.5) is 8.78 Å². The summed E-state index contributed by atoms with van der Waals surface area (Å²) in [5, 5.41) is 3.08. The minimum Gasteiger partial charge on any atom is -0.319 e. The molecule has 0 saturated carbocycles. The van der Waals surface area contributed by atoms with E-state index in [0.29, 0.717) is 5.56 Å². The highest BCUT2D eigenvalue weighted by Gasteiger charge is 2.34. The fourth-order valence-corrected chi connectivity index (χ4v) is 2.81. The molecule has 2 rings (SSSR count). The van der Waals surface area contributed by atoms with Crippen LogP contribution < -0.4 is 5.32 Å². The molecule has 1 saturated heterocycles. The number of benzene rings is 1. The van der Waals surface area contributed by atoms with E-state index in [4.69, 9.17) is 0 Å². The van der Waals surface area contributed by atoms with E-state index in [1.165, 1.54) is 6.07 Å². The molecular formula is C16H22F2N2O. The normalized spacial score (nSPS) is 20.1. The lowest BCUT2D eigenvalue weighted by atomic mass is 10.1. The highest BCUT2D eigenvalue weighted by atomic mass is 19.2. The molecular weight excluding hydrogens is 274 g/mol. The number of rotatable bonds is 6. The molecule has 1 aromatic rings. The molecule has 21 heavy (non-hydrogen) atoms. The Morgan fingerprint density at radius 1 is 1.33 bits per heavy atom. The lowest BCUT2D eigenvalue weighted by Crippen LogP contribution is -2.38. The van der Waals surface area contributed by atoms with Gasteiger partial charge in [0, 0.05) is 6.04 Å². The van der Waals surface area contributed by atoms with Crippen LogP contribution in [0, 0.1) is 11.6 Å². The fraction of sp³-hybridized carbons (Fsp3) is 0.562. The predicted octanol–water partition coefficient (Wildman–Crippen LogP) is 3.36. The third-order valence-electron chi connectivity index (χ3n) is 3.97. The van der Waals surface area contributed by atoms with Crippen molar-refractivity contribution >= 4 is 5.91 Å². The molecule has 3 nitrogen and oxygen atoms in total. The Labute approximate surface area is 124 Å². The smallest absolute Gasteiger partial charge is 0.238 e. The second kappa shape index (κ2) is 6.98. The number of carbonyl (C=O) groups excluding carboxylic acids is 1. The van der Waals surface area contributed by atoms with Crippen molar-refractivity contribution in [2.75, 3.05) is 6.54 Å². The molecule has 2 atom stereocenters. The first-order valence-corrected chi connectivity index (χ1v) is 7.54. The topological polar surface area (TPSA) is 32.3 Å². The van der Waals surface area contributed by atoms with Gasteiger partial charge in [-0.1, -0.05) is 32.3 Å². The van der Waals surface area contributed by atoms with Gasteiger partial charge < -0.3 is 4.90 Å². The molecule has 1 N–H and O–H groups in total. The Bertz CT molecular complexity index is 507. The van der Waals surface area contributed by atoms with Crippen LogP contribution in [-0.4, -0.2) is 23.4 Å². The summed E-state index contributed by atoms with van der Waals surface area (Å²) in [5.74, 6) is -1.74. The fourth-order valence-electron chi connectivity index (χ4n) is 2.81. The van der Waals surface area contributed by atoms with E-state index >= 15 is 0 Å². The minimum atomic E-state index is -0.882. The zero-order valence-electron chi connectivity index (χ0n) is 12.5. The van der Waals surface area contributed by atoms with Gasteiger partial charge >= 0.3 is 0 Å². The number of halogens is 2. The average Bonchev–Trinajstić information content (AvgIpc) is 2.84. The molecule has 1 aliphatic rings. The molecule has 0 spiro atoms. The molecule has 1 heterocycles. The second-order valence-electron chi connectivity index (χ2n) is 5.60. The molecule has 0 radical (unpaired) electrons. The van der Waals surface area contributed by atoms with Crippen molar-refractivity contribution in [3.8, 4) is 0 Å². The maximum absolute atomic E-state index is 13.4. The minimum absolute atomic E-state index is 0.00808. The van der Waals surface area contributed by atoms with Crippen LogP contribution in [0.1, 0.15) is 51.3 Å². The van der Waals surface area contributed by atoms with Gasteiger partial charge in [-0.25, -0.2) is 8.78 Å². The molecule has 1 aliphatic heterocycles. The van der Waals surface area contributed by atoms with Crippen LogP contribution >= 0.6 is 0 Å². The van der Waals surface area contributed by atoms with E-state index in [1.54, 1.807) is 4.90 Å². The number of nitrogens with one attached hydrogen (secondary N) is 1. The predicted molar refractivity (Wildman–Crippen MR) is 77.6 cm³/mol. The summed E-state index contributed by atoms with van der Waals surface area (Å²) in [6.45, 7) is 4.38. The number of amides is 1. The molecule has 0 aliphatic carbocycles. The summed E-state index contributed by atoms with van der Waals surface area (Å²) < 4.78 is 26.4. The monoisotopic (exact) mass is 296 g/mol. The lowest BCUT2D eigenvalue weighted by Gasteiger charge is -2.31. The number of hydrogen-bond donors (Lipinski definition) is 1. The zero-order valence-corrected chi connectivity index (χ0v) is 12.5. The van der Waals surface area contributed by atoms with E-state index in [9.17, 15) is 13.6 Å². The van der Waals surface area contributed by atoms with Gasteiger partial charge in [-0.3, -0.25) is 10.1 Å². The largest absolute Gasteiger partial charge is 0.319 e. The van der Waals surface area contributed by atoms with Crippen LogP contribution in [-0.2, 0) is 4.79 Å². The van der Waals surface area contributed by atoms with Crippen LogP contribution in [0.2, 0.25) is 0 Å². The highest BCUT2D eigenvalue weighted by Crippen LogP contribution is 2.27. The summed E-state index contributed by atoms with van der Waals surface area (Å²) in [6.07, 6.45) is 3.87. The van der Waals surface area contributed by atoms with Gasteiger partial charge in [0.05, 0.1) is 6.54 Å². The summed E-state index contributed by atoms with van der Waals surface area (Å²) in [5.41, 5.74) is 0.585. The third-order valence-corrected chi connectivity index (χ3v) is 3.97. The third kappa shape index (κ3) is 3.59. The average molecular weight is 296 g/mol. The van der Waals surface area contributed by atoms with E-state index in [0.717, 1.165) is 37.8 Å². The lowest BCUT2D eigenvalue weighted by molar-refractivity contribution is -0.130. The Morgan fingerprint density at radius 2 is 2.10 bits per heavy atom. The van der Waals surface area contributed by atoms with Gasteiger partial charge in [0.25, 0.3) is 0 Å². The number of carbonyl (C=O) groups is 1. The molecule has 116 valence electrons. The highest BCUT2D eigenvalue weighted by molar-refractivity contribution is 5.81. The van der Waals surface area contributed by atoms with Crippen molar-refractivity contribution in [3.63, 3.8) is 0 Å². The SMILES string of the molecule is CCCCCC(C)N1C(=O)CNC1c1ccc(F)c(F)c1. The van der Waals surface area contributed by atoms with E-state index in [2.05, 4.69) is 12.2 Å². The van der Waals surface area contributed by atoms with Gasteiger partial charge in [0.2, 0.25) is 5.91 Å². The summed E-state index contributed by atoms with van der Waals surface area (Å²) in [6, 6.07) is 3.88. The van der Waals surface area contributed by atoms with Crippen LogP contribution in [0.25, 0.3) is 0 Å². The maximum atomic E-state index is 13.4. The van der Waals surface area contributed by atoms with Crippen molar-refractivity contribution in [2.45, 2.75) is 51.7 Å². The number of hydrogen-bond acceptors (Lipinski definition) is 2. The molecule has 1 amide bonds. The van der Waals surface area contributed by atoms with Crippen molar-refractivity contribution in [1.29, 1.82) is 0 Å². The summed E-state index contributed by atoms with van der Waals surface area (Å²) in [4.78, 5) is 13.8. The molecule has 0 bridgehead atoms.